The molecular formula is C19H19NO6. The van der Waals surface area contributed by atoms with Gasteiger partial charge in [0.2, 0.25) is 0 Å². The molecule has 26 heavy (non-hydrogen) atoms. The Labute approximate surface area is 150 Å². The average molecular weight is 357 g/mol. The van der Waals surface area contributed by atoms with Crippen LogP contribution in [0.2, 0.25) is 0 Å². The van der Waals surface area contributed by atoms with Crippen molar-refractivity contribution in [1.82, 2.24) is 0 Å². The Morgan fingerprint density at radius 3 is 2.23 bits per heavy atom. The van der Waals surface area contributed by atoms with Crippen LogP contribution in [-0.4, -0.2) is 37.0 Å². The Kier molecular flexibility index (Phi) is 6.32. The lowest BCUT2D eigenvalue weighted by Crippen LogP contribution is -2.13. The van der Waals surface area contributed by atoms with E-state index in [1.165, 1.54) is 14.2 Å². The number of Topliss-reactive ketones (excluding diaryl/α,β-unsaturated/α-hetero) is 1. The van der Waals surface area contributed by atoms with E-state index >= 15 is 0 Å². The number of benzene rings is 2. The van der Waals surface area contributed by atoms with Gasteiger partial charge in [-0.3, -0.25) is 14.4 Å². The number of nitrogens with one attached hydrogen (secondary N) is 1. The first-order chi connectivity index (χ1) is 12.4. The number of carboxylic acid groups (broad SMARTS) is 1. The van der Waals surface area contributed by atoms with Gasteiger partial charge in [0.25, 0.3) is 5.91 Å². The monoisotopic (exact) mass is 357 g/mol. The highest BCUT2D eigenvalue weighted by Gasteiger charge is 2.14. The number of amides is 1. The summed E-state index contributed by atoms with van der Waals surface area (Å²) in [5, 5.41) is 11.3. The summed E-state index contributed by atoms with van der Waals surface area (Å²) in [5.41, 5.74) is 1.20. The number of aliphatic carboxylic acids is 1. The molecule has 0 fully saturated rings. The van der Waals surface area contributed by atoms with E-state index in [0.29, 0.717) is 28.3 Å². The van der Waals surface area contributed by atoms with Gasteiger partial charge in [-0.1, -0.05) is 0 Å². The Morgan fingerprint density at radius 1 is 0.962 bits per heavy atom. The van der Waals surface area contributed by atoms with Gasteiger partial charge in [-0.05, 0) is 42.5 Å². The molecule has 0 aliphatic carbocycles. The van der Waals surface area contributed by atoms with E-state index in [0.717, 1.165) is 0 Å². The number of ketones is 1. The van der Waals surface area contributed by atoms with E-state index in [-0.39, 0.29) is 24.5 Å². The van der Waals surface area contributed by atoms with Crippen molar-refractivity contribution < 1.29 is 29.0 Å². The summed E-state index contributed by atoms with van der Waals surface area (Å²) in [6.45, 7) is 0. The van der Waals surface area contributed by atoms with Crippen LogP contribution in [0.25, 0.3) is 0 Å². The molecule has 0 aliphatic rings. The number of hydrogen-bond donors (Lipinski definition) is 2. The fourth-order valence-electron chi connectivity index (χ4n) is 2.29. The first-order valence-corrected chi connectivity index (χ1v) is 7.83. The van der Waals surface area contributed by atoms with Crippen LogP contribution >= 0.6 is 0 Å². The van der Waals surface area contributed by atoms with E-state index in [1.54, 1.807) is 42.5 Å². The van der Waals surface area contributed by atoms with Gasteiger partial charge in [-0.25, -0.2) is 0 Å². The number of anilines is 1. The van der Waals surface area contributed by atoms with Gasteiger partial charge in [0, 0.05) is 17.7 Å². The molecule has 0 atom stereocenters. The predicted molar refractivity (Wildman–Crippen MR) is 95.1 cm³/mol. The van der Waals surface area contributed by atoms with Crippen molar-refractivity contribution in [3.63, 3.8) is 0 Å². The van der Waals surface area contributed by atoms with Crippen molar-refractivity contribution >= 4 is 23.3 Å². The molecule has 136 valence electrons. The lowest BCUT2D eigenvalue weighted by Gasteiger charge is -2.11. The number of carbonyl (C=O) groups is 3. The molecule has 1 amide bonds. The number of hydrogen-bond acceptors (Lipinski definition) is 5. The molecule has 0 aliphatic heterocycles. The zero-order chi connectivity index (χ0) is 19.1. The normalized spacial score (nSPS) is 10.1. The maximum absolute atomic E-state index is 12.5. The molecule has 2 rings (SSSR count). The summed E-state index contributed by atoms with van der Waals surface area (Å²) in [5.74, 6) is -0.737. The van der Waals surface area contributed by atoms with Crippen LogP contribution in [0.1, 0.15) is 33.6 Å². The molecule has 0 bridgehead atoms. The summed E-state index contributed by atoms with van der Waals surface area (Å²) in [6.07, 6.45) is -0.283. The van der Waals surface area contributed by atoms with Crippen molar-refractivity contribution in [2.24, 2.45) is 0 Å². The quantitative estimate of drug-likeness (QED) is 0.704. The smallest absolute Gasteiger partial charge is 0.303 e. The zero-order valence-corrected chi connectivity index (χ0v) is 14.4. The molecule has 7 heteroatoms. The highest BCUT2D eigenvalue weighted by Crippen LogP contribution is 2.25. The number of rotatable bonds is 8. The highest BCUT2D eigenvalue weighted by molar-refractivity contribution is 6.06. The molecule has 0 radical (unpaired) electrons. The Balaban J connectivity index is 2.10. The van der Waals surface area contributed by atoms with Crippen LogP contribution in [0.5, 0.6) is 11.5 Å². The third-order valence-electron chi connectivity index (χ3n) is 3.68. The molecule has 0 spiro atoms. The van der Waals surface area contributed by atoms with Gasteiger partial charge in [0.1, 0.15) is 11.5 Å². The number of carbonyl (C=O) groups excluding carboxylic acids is 2. The number of methoxy groups -OCH3 is 2. The standard InChI is InChI=1S/C19H19NO6/c1-25-14-7-9-17(26-2)15(11-14)19(24)20-13-5-3-12(4-6-13)16(21)8-10-18(22)23/h3-7,9,11H,8,10H2,1-2H3,(H,20,24)(H,22,23). The minimum Gasteiger partial charge on any atom is -0.497 e. The third kappa shape index (κ3) is 4.83. The van der Waals surface area contributed by atoms with Crippen molar-refractivity contribution in [1.29, 1.82) is 0 Å². The Morgan fingerprint density at radius 2 is 1.65 bits per heavy atom. The summed E-state index contributed by atoms with van der Waals surface area (Å²) in [6, 6.07) is 11.1. The molecule has 2 aromatic rings. The van der Waals surface area contributed by atoms with Crippen LogP contribution in [0.3, 0.4) is 0 Å². The SMILES string of the molecule is COc1ccc(OC)c(C(=O)Nc2ccc(C(=O)CCC(=O)O)cc2)c1. The average Bonchev–Trinajstić information content (AvgIpc) is 2.66. The Bertz CT molecular complexity index is 813. The maximum atomic E-state index is 12.5. The molecular weight excluding hydrogens is 338 g/mol. The second-order valence-corrected chi connectivity index (χ2v) is 5.41. The third-order valence-corrected chi connectivity index (χ3v) is 3.68. The second kappa shape index (κ2) is 8.66. The van der Waals surface area contributed by atoms with Crippen LogP contribution in [0.15, 0.2) is 42.5 Å². The fraction of sp³-hybridized carbons (Fsp3) is 0.211. The summed E-state index contributed by atoms with van der Waals surface area (Å²) in [4.78, 5) is 34.9. The molecule has 0 saturated heterocycles. The lowest BCUT2D eigenvalue weighted by atomic mass is 10.1. The number of carboxylic acids is 1. The van der Waals surface area contributed by atoms with Crippen LogP contribution in [0, 0.1) is 0 Å². The zero-order valence-electron chi connectivity index (χ0n) is 14.4. The maximum Gasteiger partial charge on any atom is 0.303 e. The van der Waals surface area contributed by atoms with Crippen LogP contribution in [-0.2, 0) is 4.79 Å². The molecule has 0 saturated carbocycles. The van der Waals surface area contributed by atoms with Crippen LogP contribution in [0.4, 0.5) is 5.69 Å². The van der Waals surface area contributed by atoms with E-state index in [4.69, 9.17) is 14.6 Å². The van der Waals surface area contributed by atoms with E-state index < -0.39 is 5.97 Å². The summed E-state index contributed by atoms with van der Waals surface area (Å²) >= 11 is 0. The van der Waals surface area contributed by atoms with Gasteiger partial charge in [0.15, 0.2) is 5.78 Å². The first-order valence-electron chi connectivity index (χ1n) is 7.83. The minimum atomic E-state index is -1.02. The first kappa shape index (κ1) is 19.0. The van der Waals surface area contributed by atoms with Gasteiger partial charge >= 0.3 is 5.97 Å². The molecule has 2 aromatic carbocycles. The van der Waals surface area contributed by atoms with Crippen molar-refractivity contribution in [2.45, 2.75) is 12.8 Å². The van der Waals surface area contributed by atoms with E-state index in [9.17, 15) is 14.4 Å². The molecule has 0 heterocycles. The molecule has 0 unspecified atom stereocenters. The highest BCUT2D eigenvalue weighted by atomic mass is 16.5. The largest absolute Gasteiger partial charge is 0.497 e. The summed E-state index contributed by atoms with van der Waals surface area (Å²) < 4.78 is 10.3. The van der Waals surface area contributed by atoms with Gasteiger partial charge in [-0.2, -0.15) is 0 Å². The van der Waals surface area contributed by atoms with Crippen molar-refractivity contribution in [2.75, 3.05) is 19.5 Å². The second-order valence-electron chi connectivity index (χ2n) is 5.41. The molecule has 2 N–H and O–H groups in total. The topological polar surface area (TPSA) is 102 Å². The molecule has 0 aromatic heterocycles. The van der Waals surface area contributed by atoms with E-state index in [2.05, 4.69) is 5.32 Å². The Hall–Kier alpha value is -3.35. The van der Waals surface area contributed by atoms with Gasteiger partial charge < -0.3 is 19.9 Å². The van der Waals surface area contributed by atoms with E-state index in [1.807, 2.05) is 0 Å². The van der Waals surface area contributed by atoms with Gasteiger partial charge in [-0.15, -0.1) is 0 Å². The fourth-order valence-corrected chi connectivity index (χ4v) is 2.29. The minimum absolute atomic E-state index is 0.0674. The summed E-state index contributed by atoms with van der Waals surface area (Å²) in [7, 11) is 2.97. The number of ether oxygens (including phenoxy) is 2. The van der Waals surface area contributed by atoms with Gasteiger partial charge in [0.05, 0.1) is 26.2 Å². The predicted octanol–water partition coefficient (Wildman–Crippen LogP) is 3.00. The van der Waals surface area contributed by atoms with Crippen molar-refractivity contribution in [3.05, 3.63) is 53.6 Å². The van der Waals surface area contributed by atoms with Crippen LogP contribution < -0.4 is 14.8 Å². The molecule has 7 nitrogen and oxygen atoms in total. The van der Waals surface area contributed by atoms with Crippen molar-refractivity contribution in [3.8, 4) is 11.5 Å². The lowest BCUT2D eigenvalue weighted by molar-refractivity contribution is -0.136.